The van der Waals surface area contributed by atoms with E-state index in [4.69, 9.17) is 4.74 Å². The lowest BCUT2D eigenvalue weighted by atomic mass is 9.97. The van der Waals surface area contributed by atoms with Gasteiger partial charge in [0, 0.05) is 30.8 Å². The Bertz CT molecular complexity index is 900. The van der Waals surface area contributed by atoms with E-state index in [0.29, 0.717) is 31.8 Å². The predicted molar refractivity (Wildman–Crippen MR) is 109 cm³/mol. The van der Waals surface area contributed by atoms with Gasteiger partial charge in [0.1, 0.15) is 12.4 Å². The summed E-state index contributed by atoms with van der Waals surface area (Å²) < 4.78 is 31.1. The standard InChI is InChI=1S/C21H26N2O4S/c1-28(25,26)22-14-17-8-7-13-23(15-17)21(24)20-12-6-5-9-18(20)16-27-19-10-3-2-4-11-19/h2-6,9-12,17,22H,7-8,13-16H2,1H3/t17-/m1/s1. The van der Waals surface area contributed by atoms with Crippen LogP contribution in [0.5, 0.6) is 5.75 Å². The van der Waals surface area contributed by atoms with Gasteiger partial charge in [0.15, 0.2) is 0 Å². The summed E-state index contributed by atoms with van der Waals surface area (Å²) >= 11 is 0. The van der Waals surface area contributed by atoms with Crippen LogP contribution in [-0.2, 0) is 16.6 Å². The maximum atomic E-state index is 13.1. The SMILES string of the molecule is CS(=O)(=O)NC[C@H]1CCCN(C(=O)c2ccccc2COc2ccccc2)C1. The molecule has 1 fully saturated rings. The van der Waals surface area contributed by atoms with Gasteiger partial charge in [0.05, 0.1) is 6.26 Å². The first kappa shape index (κ1) is 20.4. The predicted octanol–water partition coefficient (Wildman–Crippen LogP) is 2.67. The van der Waals surface area contributed by atoms with Crippen molar-refractivity contribution in [3.8, 4) is 5.75 Å². The van der Waals surface area contributed by atoms with Gasteiger partial charge in [0.2, 0.25) is 10.0 Å². The lowest BCUT2D eigenvalue weighted by Gasteiger charge is -2.33. The van der Waals surface area contributed by atoms with Crippen LogP contribution in [0.15, 0.2) is 54.6 Å². The molecule has 2 aromatic rings. The molecule has 0 aromatic heterocycles. The summed E-state index contributed by atoms with van der Waals surface area (Å²) in [5.41, 5.74) is 1.47. The Morgan fingerprint density at radius 3 is 2.61 bits per heavy atom. The molecule has 1 saturated heterocycles. The largest absolute Gasteiger partial charge is 0.489 e. The number of para-hydroxylation sites is 1. The van der Waals surface area contributed by atoms with Crippen LogP contribution in [0.25, 0.3) is 0 Å². The molecule has 1 aliphatic heterocycles. The minimum Gasteiger partial charge on any atom is -0.489 e. The van der Waals surface area contributed by atoms with Gasteiger partial charge >= 0.3 is 0 Å². The monoisotopic (exact) mass is 402 g/mol. The molecule has 28 heavy (non-hydrogen) atoms. The second kappa shape index (κ2) is 9.21. The number of carbonyl (C=O) groups is 1. The molecule has 0 bridgehead atoms. The third-order valence-corrected chi connectivity index (χ3v) is 5.52. The molecule has 1 atom stereocenters. The molecule has 1 amide bonds. The van der Waals surface area contributed by atoms with E-state index in [1.165, 1.54) is 0 Å². The highest BCUT2D eigenvalue weighted by atomic mass is 32.2. The van der Waals surface area contributed by atoms with Crippen LogP contribution < -0.4 is 9.46 Å². The summed E-state index contributed by atoms with van der Waals surface area (Å²) in [7, 11) is -3.22. The number of carbonyl (C=O) groups excluding carboxylic acids is 1. The molecule has 7 heteroatoms. The van der Waals surface area contributed by atoms with Crippen molar-refractivity contribution in [2.45, 2.75) is 19.4 Å². The summed E-state index contributed by atoms with van der Waals surface area (Å²) in [5.74, 6) is 0.853. The van der Waals surface area contributed by atoms with E-state index in [-0.39, 0.29) is 11.8 Å². The smallest absolute Gasteiger partial charge is 0.254 e. The van der Waals surface area contributed by atoms with E-state index in [0.717, 1.165) is 30.4 Å². The number of ether oxygens (including phenoxy) is 1. The van der Waals surface area contributed by atoms with Crippen LogP contribution in [0.4, 0.5) is 0 Å². The van der Waals surface area contributed by atoms with E-state index < -0.39 is 10.0 Å². The van der Waals surface area contributed by atoms with Gasteiger partial charge in [0.25, 0.3) is 5.91 Å². The van der Waals surface area contributed by atoms with Crippen molar-refractivity contribution in [2.75, 3.05) is 25.9 Å². The molecular formula is C21H26N2O4S. The Hall–Kier alpha value is -2.38. The van der Waals surface area contributed by atoms with Crippen LogP contribution in [0.2, 0.25) is 0 Å². The van der Waals surface area contributed by atoms with Gasteiger partial charge in [-0.2, -0.15) is 0 Å². The van der Waals surface area contributed by atoms with Crippen LogP contribution in [0.3, 0.4) is 0 Å². The van der Waals surface area contributed by atoms with Crippen molar-refractivity contribution in [1.29, 1.82) is 0 Å². The van der Waals surface area contributed by atoms with Crippen molar-refractivity contribution >= 4 is 15.9 Å². The number of nitrogens with zero attached hydrogens (tertiary/aromatic N) is 1. The minimum atomic E-state index is -3.22. The van der Waals surface area contributed by atoms with Gasteiger partial charge in [-0.15, -0.1) is 0 Å². The van der Waals surface area contributed by atoms with Gasteiger partial charge in [-0.25, -0.2) is 13.1 Å². The summed E-state index contributed by atoms with van der Waals surface area (Å²) in [5, 5.41) is 0. The molecule has 0 radical (unpaired) electrons. The first-order valence-corrected chi connectivity index (χ1v) is 11.3. The Balaban J connectivity index is 1.66. The van der Waals surface area contributed by atoms with Crippen molar-refractivity contribution < 1.29 is 17.9 Å². The maximum Gasteiger partial charge on any atom is 0.254 e. The number of benzene rings is 2. The Morgan fingerprint density at radius 1 is 1.14 bits per heavy atom. The molecule has 150 valence electrons. The van der Waals surface area contributed by atoms with E-state index in [1.54, 1.807) is 0 Å². The fourth-order valence-corrected chi connectivity index (χ4v) is 3.93. The molecule has 1 aliphatic rings. The van der Waals surface area contributed by atoms with Gasteiger partial charge in [-0.1, -0.05) is 36.4 Å². The van der Waals surface area contributed by atoms with Crippen molar-refractivity contribution in [1.82, 2.24) is 9.62 Å². The Kier molecular flexibility index (Phi) is 6.70. The maximum absolute atomic E-state index is 13.1. The van der Waals surface area contributed by atoms with E-state index in [9.17, 15) is 13.2 Å². The Morgan fingerprint density at radius 2 is 1.86 bits per heavy atom. The highest BCUT2D eigenvalue weighted by molar-refractivity contribution is 7.88. The van der Waals surface area contributed by atoms with Gasteiger partial charge in [-0.3, -0.25) is 4.79 Å². The fraction of sp³-hybridized carbons (Fsp3) is 0.381. The molecule has 3 rings (SSSR count). The lowest BCUT2D eigenvalue weighted by Crippen LogP contribution is -2.43. The van der Waals surface area contributed by atoms with Crippen molar-refractivity contribution in [3.05, 3.63) is 65.7 Å². The zero-order chi connectivity index (χ0) is 20.0. The molecular weight excluding hydrogens is 376 g/mol. The van der Waals surface area contributed by atoms with E-state index in [1.807, 2.05) is 59.5 Å². The Labute approximate surface area is 166 Å². The quantitative estimate of drug-likeness (QED) is 0.773. The summed E-state index contributed by atoms with van der Waals surface area (Å²) in [4.78, 5) is 14.9. The topological polar surface area (TPSA) is 75.7 Å². The molecule has 0 spiro atoms. The average molecular weight is 403 g/mol. The number of rotatable bonds is 7. The number of nitrogens with one attached hydrogen (secondary N) is 1. The van der Waals surface area contributed by atoms with Crippen molar-refractivity contribution in [2.24, 2.45) is 5.92 Å². The number of amides is 1. The zero-order valence-electron chi connectivity index (χ0n) is 16.0. The van der Waals surface area contributed by atoms with E-state index in [2.05, 4.69) is 4.72 Å². The number of likely N-dealkylation sites (tertiary alicyclic amines) is 1. The number of hydrogen-bond donors (Lipinski definition) is 1. The number of hydrogen-bond acceptors (Lipinski definition) is 4. The highest BCUT2D eigenvalue weighted by Crippen LogP contribution is 2.21. The molecule has 6 nitrogen and oxygen atoms in total. The number of piperidine rings is 1. The van der Waals surface area contributed by atoms with Crippen LogP contribution in [0, 0.1) is 5.92 Å². The van der Waals surface area contributed by atoms with Crippen molar-refractivity contribution in [3.63, 3.8) is 0 Å². The first-order valence-electron chi connectivity index (χ1n) is 9.42. The molecule has 0 unspecified atom stereocenters. The van der Waals surface area contributed by atoms with Crippen LogP contribution in [0.1, 0.15) is 28.8 Å². The highest BCUT2D eigenvalue weighted by Gasteiger charge is 2.26. The fourth-order valence-electron chi connectivity index (χ4n) is 3.39. The zero-order valence-corrected chi connectivity index (χ0v) is 16.8. The molecule has 2 aromatic carbocycles. The summed E-state index contributed by atoms with van der Waals surface area (Å²) in [6.45, 7) is 1.91. The third kappa shape index (κ3) is 5.81. The second-order valence-electron chi connectivity index (χ2n) is 7.14. The third-order valence-electron chi connectivity index (χ3n) is 4.83. The van der Waals surface area contributed by atoms with Crippen LogP contribution >= 0.6 is 0 Å². The molecule has 1 N–H and O–H groups in total. The summed E-state index contributed by atoms with van der Waals surface area (Å²) in [6.07, 6.45) is 2.93. The normalized spacial score (nSPS) is 17.3. The first-order chi connectivity index (χ1) is 13.4. The number of sulfonamides is 1. The molecule has 1 heterocycles. The molecule has 0 aliphatic carbocycles. The lowest BCUT2D eigenvalue weighted by molar-refractivity contribution is 0.0673. The average Bonchev–Trinajstić information content (AvgIpc) is 2.71. The molecule has 0 saturated carbocycles. The summed E-state index contributed by atoms with van der Waals surface area (Å²) in [6, 6.07) is 17.0. The second-order valence-corrected chi connectivity index (χ2v) is 8.97. The minimum absolute atomic E-state index is 0.0312. The van der Waals surface area contributed by atoms with Gasteiger partial charge in [-0.05, 0) is 37.0 Å². The van der Waals surface area contributed by atoms with E-state index >= 15 is 0 Å². The van der Waals surface area contributed by atoms with Crippen LogP contribution in [-0.4, -0.2) is 45.1 Å². The van der Waals surface area contributed by atoms with Gasteiger partial charge < -0.3 is 9.64 Å².